The number of hydrogen-bond acceptors (Lipinski definition) is 8. The molecular formula is C26H25N3O5S. The van der Waals surface area contributed by atoms with Crippen molar-refractivity contribution in [3.05, 3.63) is 78.9 Å². The number of rotatable bonds is 5. The molecule has 0 saturated carbocycles. The topological polar surface area (TPSA) is 82.4 Å². The van der Waals surface area contributed by atoms with E-state index >= 15 is 0 Å². The van der Waals surface area contributed by atoms with E-state index in [2.05, 4.69) is 0 Å². The third kappa shape index (κ3) is 4.12. The highest BCUT2D eigenvalue weighted by atomic mass is 32.1. The number of carbonyl (C=O) groups is 1. The van der Waals surface area contributed by atoms with Crippen LogP contribution in [0.25, 0.3) is 11.8 Å². The first kappa shape index (κ1) is 22.9. The fraction of sp³-hybridized carbons (Fsp3) is 0.269. The lowest BCUT2D eigenvalue weighted by atomic mass is 9.96. The summed E-state index contributed by atoms with van der Waals surface area (Å²) in [6, 6.07) is 12.8. The molecule has 3 aromatic rings. The Kier molecular flexibility index (Phi) is 5.94. The highest BCUT2D eigenvalue weighted by Gasteiger charge is 2.32. The van der Waals surface area contributed by atoms with Crippen molar-refractivity contribution in [1.29, 1.82) is 0 Å². The number of ether oxygens (including phenoxy) is 3. The van der Waals surface area contributed by atoms with E-state index in [0.29, 0.717) is 32.1 Å². The van der Waals surface area contributed by atoms with Gasteiger partial charge in [0.15, 0.2) is 16.3 Å². The van der Waals surface area contributed by atoms with Gasteiger partial charge in [-0.15, -0.1) is 0 Å². The summed E-state index contributed by atoms with van der Waals surface area (Å²) in [6.45, 7) is 3.88. The maximum absolute atomic E-state index is 13.4. The zero-order valence-corrected chi connectivity index (χ0v) is 20.7. The number of allylic oxidation sites excluding steroid dienone is 1. The van der Waals surface area contributed by atoms with E-state index in [1.54, 1.807) is 19.9 Å². The molecule has 8 nitrogen and oxygen atoms in total. The molecule has 2 aromatic carbocycles. The molecule has 0 spiro atoms. The van der Waals surface area contributed by atoms with Crippen molar-refractivity contribution in [1.82, 2.24) is 4.57 Å². The van der Waals surface area contributed by atoms with Gasteiger partial charge < -0.3 is 19.1 Å². The molecule has 35 heavy (non-hydrogen) atoms. The minimum Gasteiger partial charge on any atom is -0.463 e. The monoisotopic (exact) mass is 491 g/mol. The van der Waals surface area contributed by atoms with Gasteiger partial charge in [-0.2, -0.15) is 0 Å². The number of esters is 1. The van der Waals surface area contributed by atoms with Crippen LogP contribution in [0.2, 0.25) is 0 Å². The molecular weight excluding hydrogens is 466 g/mol. The maximum atomic E-state index is 13.4. The second-order valence-corrected chi connectivity index (χ2v) is 9.39. The summed E-state index contributed by atoms with van der Waals surface area (Å²) in [7, 11) is 3.96. The summed E-state index contributed by atoms with van der Waals surface area (Å²) in [4.78, 5) is 33.8. The van der Waals surface area contributed by atoms with E-state index in [-0.39, 0.29) is 19.0 Å². The Morgan fingerprint density at radius 1 is 1.20 bits per heavy atom. The van der Waals surface area contributed by atoms with Crippen molar-refractivity contribution in [2.24, 2.45) is 4.99 Å². The number of benzene rings is 2. The Balaban J connectivity index is 1.66. The predicted octanol–water partition coefficient (Wildman–Crippen LogP) is 2.70. The quantitative estimate of drug-likeness (QED) is 0.511. The van der Waals surface area contributed by atoms with E-state index in [9.17, 15) is 9.59 Å². The zero-order chi connectivity index (χ0) is 24.7. The number of carbonyl (C=O) groups excluding carboxylic acids is 1. The van der Waals surface area contributed by atoms with Crippen molar-refractivity contribution in [3.8, 4) is 11.5 Å². The summed E-state index contributed by atoms with van der Waals surface area (Å²) in [6.07, 6.45) is 1.85. The molecule has 3 heterocycles. The normalized spacial score (nSPS) is 16.7. The third-order valence-electron chi connectivity index (χ3n) is 5.96. The largest absolute Gasteiger partial charge is 0.463 e. The fourth-order valence-corrected chi connectivity index (χ4v) is 5.20. The van der Waals surface area contributed by atoms with Gasteiger partial charge in [0, 0.05) is 25.5 Å². The summed E-state index contributed by atoms with van der Waals surface area (Å²) in [5.74, 6) is 0.751. The molecule has 1 aromatic heterocycles. The molecule has 0 bridgehead atoms. The molecule has 0 saturated heterocycles. The minimum absolute atomic E-state index is 0.152. The fourth-order valence-electron chi connectivity index (χ4n) is 4.16. The van der Waals surface area contributed by atoms with Gasteiger partial charge in [-0.25, -0.2) is 9.79 Å². The van der Waals surface area contributed by atoms with Crippen molar-refractivity contribution in [2.75, 3.05) is 32.4 Å². The van der Waals surface area contributed by atoms with Crippen molar-refractivity contribution in [2.45, 2.75) is 19.9 Å². The molecule has 0 unspecified atom stereocenters. The average Bonchev–Trinajstić information content (AvgIpc) is 3.43. The molecule has 0 fully saturated rings. The number of hydrogen-bond donors (Lipinski definition) is 0. The maximum Gasteiger partial charge on any atom is 0.338 e. The van der Waals surface area contributed by atoms with E-state index < -0.39 is 12.0 Å². The van der Waals surface area contributed by atoms with Crippen LogP contribution in [0.4, 0.5) is 5.69 Å². The second kappa shape index (κ2) is 9.07. The number of nitrogens with zero attached hydrogens (tertiary/aromatic N) is 3. The zero-order valence-electron chi connectivity index (χ0n) is 19.9. The van der Waals surface area contributed by atoms with Crippen LogP contribution in [-0.2, 0) is 9.53 Å². The molecule has 0 amide bonds. The van der Waals surface area contributed by atoms with Crippen molar-refractivity contribution in [3.63, 3.8) is 0 Å². The number of thiazole rings is 1. The van der Waals surface area contributed by atoms with Crippen LogP contribution >= 0.6 is 11.3 Å². The van der Waals surface area contributed by atoms with Crippen LogP contribution in [0.3, 0.4) is 0 Å². The first-order chi connectivity index (χ1) is 16.9. The van der Waals surface area contributed by atoms with E-state index in [1.807, 2.05) is 61.5 Å². The first-order valence-corrected chi connectivity index (χ1v) is 12.1. The number of aromatic nitrogens is 1. The van der Waals surface area contributed by atoms with Crippen LogP contribution in [0.5, 0.6) is 11.5 Å². The van der Waals surface area contributed by atoms with Gasteiger partial charge in [0.2, 0.25) is 6.79 Å². The van der Waals surface area contributed by atoms with Gasteiger partial charge in [-0.1, -0.05) is 29.5 Å². The molecule has 180 valence electrons. The Labute approximate surface area is 206 Å². The smallest absolute Gasteiger partial charge is 0.338 e. The molecule has 0 N–H and O–H groups in total. The lowest BCUT2D eigenvalue weighted by Crippen LogP contribution is -2.35. The molecule has 5 rings (SSSR count). The Morgan fingerprint density at radius 3 is 2.66 bits per heavy atom. The van der Waals surface area contributed by atoms with E-state index in [1.165, 1.54) is 15.9 Å². The standard InChI is InChI=1S/C26H25N3O5S/c1-5-32-25(31)22-15(2)29-24(30)21(12-16-6-9-18(10-7-16)28(3)4)35-26(29)27-23(22)17-8-11-19-20(13-17)34-14-33-19/h6-13,23H,5,14H2,1-4H3/b21-12-/t23-/m0/s1. The summed E-state index contributed by atoms with van der Waals surface area (Å²) in [5.41, 5.74) is 3.37. The highest BCUT2D eigenvalue weighted by Crippen LogP contribution is 2.38. The molecule has 0 aliphatic carbocycles. The summed E-state index contributed by atoms with van der Waals surface area (Å²) < 4.78 is 18.3. The van der Waals surface area contributed by atoms with Gasteiger partial charge in [-0.05, 0) is 55.3 Å². The molecule has 2 aliphatic rings. The lowest BCUT2D eigenvalue weighted by Gasteiger charge is -2.22. The van der Waals surface area contributed by atoms with Crippen LogP contribution in [0.1, 0.15) is 31.0 Å². The van der Waals surface area contributed by atoms with Crippen molar-refractivity contribution >= 4 is 34.8 Å². The second-order valence-electron chi connectivity index (χ2n) is 8.38. The lowest BCUT2D eigenvalue weighted by molar-refractivity contribution is -0.138. The van der Waals surface area contributed by atoms with Crippen LogP contribution in [0.15, 0.2) is 57.8 Å². The SMILES string of the molecule is CCOC(=O)C1=C(C)n2c(s/c(=C\c3ccc(N(C)C)cc3)c2=O)=N[C@H]1c1ccc2c(c1)OCO2. The van der Waals surface area contributed by atoms with Gasteiger partial charge in [0.05, 0.1) is 16.7 Å². The van der Waals surface area contributed by atoms with Gasteiger partial charge in [0.25, 0.3) is 5.56 Å². The molecule has 1 atom stereocenters. The van der Waals surface area contributed by atoms with Gasteiger partial charge >= 0.3 is 5.97 Å². The molecule has 2 aliphatic heterocycles. The van der Waals surface area contributed by atoms with Crippen molar-refractivity contribution < 1.29 is 19.0 Å². The predicted molar refractivity (Wildman–Crippen MR) is 135 cm³/mol. The molecule has 9 heteroatoms. The average molecular weight is 492 g/mol. The summed E-state index contributed by atoms with van der Waals surface area (Å²) in [5, 5.41) is 0. The Hall–Kier alpha value is -3.85. The Bertz CT molecular complexity index is 1520. The van der Waals surface area contributed by atoms with E-state index in [4.69, 9.17) is 19.2 Å². The van der Waals surface area contributed by atoms with E-state index in [0.717, 1.165) is 16.8 Å². The Morgan fingerprint density at radius 2 is 1.94 bits per heavy atom. The molecule has 0 radical (unpaired) electrons. The van der Waals surface area contributed by atoms with Crippen LogP contribution in [0, 0.1) is 0 Å². The van der Waals surface area contributed by atoms with Crippen LogP contribution in [-0.4, -0.2) is 38.0 Å². The number of fused-ring (bicyclic) bond motifs is 2. The first-order valence-electron chi connectivity index (χ1n) is 11.2. The van der Waals surface area contributed by atoms with Gasteiger partial charge in [0.1, 0.15) is 6.04 Å². The third-order valence-corrected chi connectivity index (χ3v) is 6.94. The number of anilines is 1. The van der Waals surface area contributed by atoms with Crippen LogP contribution < -0.4 is 29.3 Å². The minimum atomic E-state index is -0.631. The summed E-state index contributed by atoms with van der Waals surface area (Å²) >= 11 is 1.30. The van der Waals surface area contributed by atoms with Gasteiger partial charge in [-0.3, -0.25) is 9.36 Å². The highest BCUT2D eigenvalue weighted by molar-refractivity contribution is 7.07.